The van der Waals surface area contributed by atoms with Gasteiger partial charge in [0.25, 0.3) is 0 Å². The van der Waals surface area contributed by atoms with Crippen LogP contribution < -0.4 is 24.4 Å². The number of hydrogen-bond donors (Lipinski definition) is 3. The summed E-state index contributed by atoms with van der Waals surface area (Å²) >= 11 is 0. The first kappa shape index (κ1) is 25.0. The number of phenolic OH excluding ortho intramolecular Hbond substituents is 2. The molecule has 0 aliphatic carbocycles. The van der Waals surface area contributed by atoms with Crippen molar-refractivity contribution in [3.05, 3.63) is 70.4 Å². The first-order valence-electron chi connectivity index (χ1n) is 10.8. The second kappa shape index (κ2) is 10.2. The van der Waals surface area contributed by atoms with Gasteiger partial charge in [-0.1, -0.05) is 0 Å². The predicted molar refractivity (Wildman–Crippen MR) is 134 cm³/mol. The zero-order chi connectivity index (χ0) is 26.7. The van der Waals surface area contributed by atoms with Crippen molar-refractivity contribution in [2.45, 2.75) is 0 Å². The predicted octanol–water partition coefficient (Wildman–Crippen LogP) is 4.22. The molecule has 0 atom stereocenters. The van der Waals surface area contributed by atoms with E-state index in [0.29, 0.717) is 16.9 Å². The first-order chi connectivity index (χ1) is 17.7. The number of aromatic hydroxyl groups is 3. The van der Waals surface area contributed by atoms with E-state index in [1.165, 1.54) is 45.6 Å². The minimum absolute atomic E-state index is 0.102. The van der Waals surface area contributed by atoms with E-state index in [1.807, 2.05) is 0 Å². The van der Waals surface area contributed by atoms with Gasteiger partial charge in [-0.05, 0) is 48.0 Å². The molecular formula is C27H22O10. The molecule has 3 N–H and O–H groups in total. The second-order valence-electron chi connectivity index (χ2n) is 7.68. The van der Waals surface area contributed by atoms with E-state index in [1.54, 1.807) is 24.3 Å². The molecule has 0 unspecified atom stereocenters. The van der Waals surface area contributed by atoms with Crippen LogP contribution in [0.15, 0.2) is 63.8 Å². The summed E-state index contributed by atoms with van der Waals surface area (Å²) in [6.07, 6.45) is 2.52. The summed E-state index contributed by atoms with van der Waals surface area (Å²) in [5.74, 6) is -1.57. The number of carbonyl (C=O) groups is 1. The van der Waals surface area contributed by atoms with Crippen molar-refractivity contribution in [2.24, 2.45) is 0 Å². The van der Waals surface area contributed by atoms with Gasteiger partial charge in [-0.3, -0.25) is 4.79 Å². The van der Waals surface area contributed by atoms with Gasteiger partial charge in [0.15, 0.2) is 17.3 Å². The van der Waals surface area contributed by atoms with E-state index in [4.69, 9.17) is 23.4 Å². The molecule has 4 aromatic rings. The van der Waals surface area contributed by atoms with Gasteiger partial charge in [-0.15, -0.1) is 0 Å². The zero-order valence-corrected chi connectivity index (χ0v) is 20.0. The number of ether oxygens (including phenoxy) is 4. The van der Waals surface area contributed by atoms with Crippen LogP contribution in [-0.2, 0) is 4.79 Å². The summed E-state index contributed by atoms with van der Waals surface area (Å²) in [4.78, 5) is 25.2. The van der Waals surface area contributed by atoms with Gasteiger partial charge in [-0.25, -0.2) is 4.79 Å². The summed E-state index contributed by atoms with van der Waals surface area (Å²) < 4.78 is 26.3. The van der Waals surface area contributed by atoms with E-state index >= 15 is 0 Å². The number of rotatable bonds is 7. The second-order valence-corrected chi connectivity index (χ2v) is 7.68. The Morgan fingerprint density at radius 2 is 1.49 bits per heavy atom. The Hall–Kier alpha value is -5.12. The largest absolute Gasteiger partial charge is 0.507 e. The topological polar surface area (TPSA) is 145 Å². The number of esters is 1. The molecule has 4 rings (SSSR count). The molecule has 10 heteroatoms. The Morgan fingerprint density at radius 3 is 2.08 bits per heavy atom. The zero-order valence-electron chi connectivity index (χ0n) is 20.0. The maximum absolute atomic E-state index is 12.7. The molecule has 10 nitrogen and oxygen atoms in total. The van der Waals surface area contributed by atoms with Crippen molar-refractivity contribution in [3.8, 4) is 51.6 Å². The third-order valence-corrected chi connectivity index (χ3v) is 5.41. The Labute approximate surface area is 210 Å². The highest BCUT2D eigenvalue weighted by atomic mass is 16.5. The molecule has 1 aromatic heterocycles. The van der Waals surface area contributed by atoms with Crippen LogP contribution in [0.5, 0.6) is 40.2 Å². The number of methoxy groups -OCH3 is 3. The normalized spacial score (nSPS) is 11.0. The Kier molecular flexibility index (Phi) is 6.92. The standard InChI is InChI=1S/C27H22O10/c1-33-16-7-5-15(6-8-16)27-26(32)25(31)23-18(28)12-17(13-19(23)37-27)36-22(29)9-4-14-10-20(34-2)24(30)21(11-14)35-3/h4-13,28,30,32H,1-3H3. The third-order valence-electron chi connectivity index (χ3n) is 5.41. The molecule has 0 saturated carbocycles. The lowest BCUT2D eigenvalue weighted by Gasteiger charge is -2.10. The molecule has 0 aliphatic rings. The van der Waals surface area contributed by atoms with Gasteiger partial charge >= 0.3 is 5.97 Å². The summed E-state index contributed by atoms with van der Waals surface area (Å²) in [6.45, 7) is 0. The highest BCUT2D eigenvalue weighted by Gasteiger charge is 2.20. The number of benzene rings is 3. The van der Waals surface area contributed by atoms with Gasteiger partial charge in [0, 0.05) is 23.8 Å². The van der Waals surface area contributed by atoms with Crippen LogP contribution in [0, 0.1) is 0 Å². The molecular weight excluding hydrogens is 484 g/mol. The Balaban J connectivity index is 1.65. The van der Waals surface area contributed by atoms with E-state index < -0.39 is 22.9 Å². The minimum Gasteiger partial charge on any atom is -0.507 e. The van der Waals surface area contributed by atoms with Crippen LogP contribution in [-0.4, -0.2) is 42.6 Å². The molecule has 0 aliphatic heterocycles. The quantitative estimate of drug-likeness (QED) is 0.189. The van der Waals surface area contributed by atoms with Crippen LogP contribution in [0.2, 0.25) is 0 Å². The lowest BCUT2D eigenvalue weighted by Crippen LogP contribution is -2.06. The Bertz CT molecular complexity index is 1540. The van der Waals surface area contributed by atoms with Crippen LogP contribution in [0.4, 0.5) is 0 Å². The molecule has 37 heavy (non-hydrogen) atoms. The molecule has 0 spiro atoms. The fourth-order valence-corrected chi connectivity index (χ4v) is 3.59. The average molecular weight is 506 g/mol. The van der Waals surface area contributed by atoms with E-state index in [0.717, 1.165) is 12.1 Å². The Morgan fingerprint density at radius 1 is 0.838 bits per heavy atom. The van der Waals surface area contributed by atoms with E-state index in [9.17, 15) is 24.9 Å². The van der Waals surface area contributed by atoms with Crippen LogP contribution >= 0.6 is 0 Å². The third kappa shape index (κ3) is 4.98. The lowest BCUT2D eigenvalue weighted by molar-refractivity contribution is -0.128. The highest BCUT2D eigenvalue weighted by molar-refractivity contribution is 5.92. The van der Waals surface area contributed by atoms with Gasteiger partial charge in [-0.2, -0.15) is 0 Å². The molecule has 0 fully saturated rings. The highest BCUT2D eigenvalue weighted by Crippen LogP contribution is 2.38. The summed E-state index contributed by atoms with van der Waals surface area (Å²) in [7, 11) is 4.25. The molecule has 1 heterocycles. The lowest BCUT2D eigenvalue weighted by atomic mass is 10.1. The summed E-state index contributed by atoms with van der Waals surface area (Å²) in [5.41, 5.74) is -0.0803. The minimum atomic E-state index is -0.849. The number of hydrogen-bond acceptors (Lipinski definition) is 10. The van der Waals surface area contributed by atoms with Gasteiger partial charge < -0.3 is 38.7 Å². The first-order valence-corrected chi connectivity index (χ1v) is 10.8. The van der Waals surface area contributed by atoms with Crippen LogP contribution in [0.1, 0.15) is 5.56 Å². The number of fused-ring (bicyclic) bond motifs is 1. The van der Waals surface area contributed by atoms with E-state index in [-0.39, 0.29) is 39.7 Å². The van der Waals surface area contributed by atoms with Crippen molar-refractivity contribution in [3.63, 3.8) is 0 Å². The maximum atomic E-state index is 12.7. The van der Waals surface area contributed by atoms with Gasteiger partial charge in [0.2, 0.25) is 16.9 Å². The molecule has 0 radical (unpaired) electrons. The maximum Gasteiger partial charge on any atom is 0.336 e. The van der Waals surface area contributed by atoms with Gasteiger partial charge in [0.1, 0.15) is 28.2 Å². The van der Waals surface area contributed by atoms with Crippen LogP contribution in [0.25, 0.3) is 28.4 Å². The summed E-state index contributed by atoms with van der Waals surface area (Å²) in [6, 6.07) is 11.7. The fraction of sp³-hybridized carbons (Fsp3) is 0.111. The fourth-order valence-electron chi connectivity index (χ4n) is 3.59. The average Bonchev–Trinajstić information content (AvgIpc) is 2.89. The van der Waals surface area contributed by atoms with Crippen molar-refractivity contribution in [2.75, 3.05) is 21.3 Å². The number of phenols is 2. The van der Waals surface area contributed by atoms with Crippen molar-refractivity contribution < 1.29 is 43.5 Å². The smallest absolute Gasteiger partial charge is 0.336 e. The monoisotopic (exact) mass is 506 g/mol. The van der Waals surface area contributed by atoms with Crippen molar-refractivity contribution >= 4 is 23.0 Å². The van der Waals surface area contributed by atoms with Crippen molar-refractivity contribution in [1.29, 1.82) is 0 Å². The molecule has 0 saturated heterocycles. The molecule has 190 valence electrons. The van der Waals surface area contributed by atoms with Gasteiger partial charge in [0.05, 0.1) is 21.3 Å². The summed E-state index contributed by atoms with van der Waals surface area (Å²) in [5, 5.41) is 30.5. The molecule has 0 amide bonds. The number of carbonyl (C=O) groups excluding carboxylic acids is 1. The molecule has 0 bridgehead atoms. The van der Waals surface area contributed by atoms with Crippen molar-refractivity contribution in [1.82, 2.24) is 0 Å². The van der Waals surface area contributed by atoms with E-state index in [2.05, 4.69) is 0 Å². The molecule has 3 aromatic carbocycles. The SMILES string of the molecule is COc1ccc(-c2oc3cc(OC(=O)C=Cc4cc(OC)c(O)c(OC)c4)cc(O)c3c(=O)c2O)cc1. The van der Waals surface area contributed by atoms with Crippen LogP contribution in [0.3, 0.4) is 0 Å².